The summed E-state index contributed by atoms with van der Waals surface area (Å²) in [5.41, 5.74) is 5.60. The van der Waals surface area contributed by atoms with Gasteiger partial charge in [0.25, 0.3) is 5.56 Å². The average molecular weight is 389 g/mol. The molecule has 4 N–H and O–H groups in total. The number of rotatable bonds is 4. The molecule has 2 heterocycles. The zero-order valence-electron chi connectivity index (χ0n) is 13.5. The quantitative estimate of drug-likeness (QED) is 0.256. The van der Waals surface area contributed by atoms with Crippen molar-refractivity contribution < 1.29 is 118 Å². The Kier molecular flexibility index (Phi) is 17.8. The third kappa shape index (κ3) is 11.7. The molecule has 0 atom stereocenters. The van der Waals surface area contributed by atoms with Crippen molar-refractivity contribution in [3.63, 3.8) is 0 Å². The van der Waals surface area contributed by atoms with Gasteiger partial charge >= 0.3 is 88.7 Å². The Labute approximate surface area is 202 Å². The van der Waals surface area contributed by atoms with Crippen LogP contribution in [0.4, 0.5) is 5.95 Å². The topological polar surface area (TPSA) is 205 Å². The molecule has 0 aliphatic rings. The van der Waals surface area contributed by atoms with Gasteiger partial charge in [-0.2, -0.15) is 12.8 Å². The number of aliphatic hydroxyl groups is 1. The second kappa shape index (κ2) is 14.3. The van der Waals surface area contributed by atoms with Gasteiger partial charge in [0.1, 0.15) is 6.73 Å². The van der Waals surface area contributed by atoms with Gasteiger partial charge in [0.05, 0.1) is 19.5 Å². The summed E-state index contributed by atoms with van der Waals surface area (Å²) in [6.07, 6.45) is 1.43. The van der Waals surface area contributed by atoms with Gasteiger partial charge in [0.15, 0.2) is 11.2 Å². The predicted molar refractivity (Wildman–Crippen MR) is 63.2 cm³/mol. The van der Waals surface area contributed by atoms with Crippen LogP contribution in [0.3, 0.4) is 0 Å². The SMILES string of the molecule is Nc1nc2c(ncn2COCCO)c(=O)[nH]1.O=P([O-])([O-])[O-].[Na+].[Na+].[Na+]. The first-order chi connectivity index (χ1) is 9.72. The summed E-state index contributed by atoms with van der Waals surface area (Å²) in [4.78, 5) is 47.3. The van der Waals surface area contributed by atoms with Gasteiger partial charge in [0.2, 0.25) is 5.95 Å². The van der Waals surface area contributed by atoms with Gasteiger partial charge in [-0.25, -0.2) is 4.98 Å². The van der Waals surface area contributed by atoms with Gasteiger partial charge in [-0.05, 0) is 0 Å². The van der Waals surface area contributed by atoms with E-state index in [0.717, 1.165) is 0 Å². The van der Waals surface area contributed by atoms with Crippen LogP contribution in [0, 0.1) is 0 Å². The van der Waals surface area contributed by atoms with E-state index in [1.807, 2.05) is 0 Å². The Hall–Kier alpha value is 1.18. The molecule has 0 aliphatic heterocycles. The first-order valence-corrected chi connectivity index (χ1v) is 6.80. The van der Waals surface area contributed by atoms with Crippen LogP contribution >= 0.6 is 7.82 Å². The number of hydrogen-bond acceptors (Lipinski definition) is 10. The maximum atomic E-state index is 11.4. The average Bonchev–Trinajstić information content (AvgIpc) is 2.71. The zero-order valence-corrected chi connectivity index (χ0v) is 20.4. The first kappa shape index (κ1) is 29.9. The number of nitrogens with one attached hydrogen (secondary N) is 1. The number of H-pyrrole nitrogens is 1. The fourth-order valence-corrected chi connectivity index (χ4v) is 1.29. The maximum Gasteiger partial charge on any atom is 1.00 e. The van der Waals surface area contributed by atoms with E-state index in [0.29, 0.717) is 5.65 Å². The fourth-order valence-electron chi connectivity index (χ4n) is 1.29. The van der Waals surface area contributed by atoms with Crippen LogP contribution in [0.5, 0.6) is 0 Å². The summed E-state index contributed by atoms with van der Waals surface area (Å²) in [7, 11) is -5.39. The summed E-state index contributed by atoms with van der Waals surface area (Å²) in [5.74, 6) is 0.0291. The summed E-state index contributed by atoms with van der Waals surface area (Å²) in [6.45, 7) is 0.300. The van der Waals surface area contributed by atoms with Crippen LogP contribution in [0.2, 0.25) is 0 Å². The van der Waals surface area contributed by atoms with E-state index in [4.69, 9.17) is 34.8 Å². The van der Waals surface area contributed by atoms with Crippen LogP contribution in [0.1, 0.15) is 0 Å². The van der Waals surface area contributed by atoms with Crippen molar-refractivity contribution in [3.05, 3.63) is 16.7 Å². The maximum absolute atomic E-state index is 11.4. The number of aromatic nitrogens is 4. The number of aliphatic hydroxyl groups excluding tert-OH is 1. The molecule has 0 spiro atoms. The first-order valence-electron chi connectivity index (χ1n) is 5.34. The number of nitrogens with two attached hydrogens (primary N) is 1. The monoisotopic (exact) mass is 389 g/mol. The minimum absolute atomic E-state index is 0. The second-order valence-electron chi connectivity index (χ2n) is 3.55. The summed E-state index contributed by atoms with van der Waals surface area (Å²) >= 11 is 0. The molecule has 16 heteroatoms. The number of fused-ring (bicyclic) bond motifs is 1. The number of anilines is 1. The van der Waals surface area contributed by atoms with Crippen molar-refractivity contribution in [3.8, 4) is 0 Å². The van der Waals surface area contributed by atoms with Gasteiger partial charge in [-0.15, -0.1) is 0 Å². The molecule has 118 valence electrons. The third-order valence-electron chi connectivity index (χ3n) is 1.96. The van der Waals surface area contributed by atoms with Gasteiger partial charge in [0, 0.05) is 0 Å². The number of phosphoric acid groups is 1. The molecule has 0 aliphatic carbocycles. The van der Waals surface area contributed by atoms with Crippen LogP contribution in [-0.2, 0) is 16.0 Å². The second-order valence-corrected chi connectivity index (χ2v) is 4.44. The number of aromatic amines is 1. The van der Waals surface area contributed by atoms with Crippen LogP contribution < -0.4 is 115 Å². The molecule has 0 radical (unpaired) electrons. The van der Waals surface area contributed by atoms with E-state index in [9.17, 15) is 4.79 Å². The number of nitrogens with zero attached hydrogens (tertiary/aromatic N) is 3. The molecule has 2 aromatic heterocycles. The van der Waals surface area contributed by atoms with Gasteiger partial charge in [-0.3, -0.25) is 14.3 Å². The Morgan fingerprint density at radius 1 is 1.33 bits per heavy atom. The zero-order chi connectivity index (χ0) is 16.0. The summed E-state index contributed by atoms with van der Waals surface area (Å²) in [5, 5.41) is 8.56. The van der Waals surface area contributed by atoms with Crippen LogP contribution in [0.25, 0.3) is 11.2 Å². The largest absolute Gasteiger partial charge is 1.00 e. The van der Waals surface area contributed by atoms with Gasteiger partial charge < -0.3 is 34.8 Å². The number of nitrogen functional groups attached to an aromatic ring is 1. The molecule has 2 aromatic rings. The standard InChI is InChI=1S/C8H11N5O3.3Na.H3O4P/c9-8-11-6-5(7(15)12-8)10-3-13(6)4-16-2-1-14;;;;1-5(2,3)4/h3,14H,1-2,4H2,(H3,9,11,12,15);;;;(H3,1,2,3,4)/q;3*+1;/p-3. The normalized spacial score (nSPS) is 9.83. The molecule has 0 unspecified atom stereocenters. The van der Waals surface area contributed by atoms with E-state index >= 15 is 0 Å². The summed E-state index contributed by atoms with van der Waals surface area (Å²) < 4.78 is 15.2. The van der Waals surface area contributed by atoms with E-state index in [-0.39, 0.29) is 126 Å². The van der Waals surface area contributed by atoms with E-state index in [2.05, 4.69) is 15.0 Å². The van der Waals surface area contributed by atoms with Crippen molar-refractivity contribution in [2.75, 3.05) is 18.9 Å². The van der Waals surface area contributed by atoms with Crippen LogP contribution in [0.15, 0.2) is 11.1 Å². The Morgan fingerprint density at radius 2 is 1.88 bits per heavy atom. The van der Waals surface area contributed by atoms with Gasteiger partial charge in [-0.1, -0.05) is 0 Å². The molecular weight excluding hydrogens is 378 g/mol. The summed E-state index contributed by atoms with van der Waals surface area (Å²) in [6, 6.07) is 0. The molecule has 0 saturated carbocycles. The van der Waals surface area contributed by atoms with E-state index in [1.54, 1.807) is 0 Å². The Bertz CT molecular complexity index is 697. The van der Waals surface area contributed by atoms with Crippen molar-refractivity contribution in [1.29, 1.82) is 0 Å². The van der Waals surface area contributed by atoms with Crippen molar-refractivity contribution in [1.82, 2.24) is 19.5 Å². The Morgan fingerprint density at radius 3 is 2.38 bits per heavy atom. The fraction of sp³-hybridized carbons (Fsp3) is 0.375. The molecule has 24 heavy (non-hydrogen) atoms. The number of imidazole rings is 1. The van der Waals surface area contributed by atoms with E-state index in [1.165, 1.54) is 10.9 Å². The molecule has 0 bridgehead atoms. The minimum atomic E-state index is -5.39. The molecule has 0 amide bonds. The molecule has 0 fully saturated rings. The molecule has 2 rings (SSSR count). The van der Waals surface area contributed by atoms with Crippen molar-refractivity contribution in [2.45, 2.75) is 6.73 Å². The minimum Gasteiger partial charge on any atom is -0.822 e. The van der Waals surface area contributed by atoms with Crippen molar-refractivity contribution >= 4 is 24.9 Å². The Balaban J connectivity index is -0.000000490. The van der Waals surface area contributed by atoms with Crippen LogP contribution in [-0.4, -0.2) is 37.8 Å². The predicted octanol–water partition coefficient (Wildman–Crippen LogP) is -13.1. The number of hydrogen-bond donors (Lipinski definition) is 3. The number of ether oxygens (including phenoxy) is 1. The molecular formula is C8H11N5Na3O7P. The van der Waals surface area contributed by atoms with E-state index < -0.39 is 7.82 Å². The molecule has 0 aromatic carbocycles. The molecule has 12 nitrogen and oxygen atoms in total. The third-order valence-corrected chi connectivity index (χ3v) is 1.96. The molecule has 0 saturated heterocycles. The smallest absolute Gasteiger partial charge is 0.822 e. The van der Waals surface area contributed by atoms with Crippen molar-refractivity contribution in [2.24, 2.45) is 0 Å².